The van der Waals surface area contributed by atoms with E-state index in [1.807, 2.05) is 19.9 Å². The van der Waals surface area contributed by atoms with E-state index in [-0.39, 0.29) is 5.91 Å². The van der Waals surface area contributed by atoms with Gasteiger partial charge in [0.15, 0.2) is 0 Å². The van der Waals surface area contributed by atoms with Gasteiger partial charge in [-0.1, -0.05) is 11.6 Å². The lowest BCUT2D eigenvalue weighted by molar-refractivity contribution is 0.102. The summed E-state index contributed by atoms with van der Waals surface area (Å²) in [5.41, 5.74) is 2.28. The highest BCUT2D eigenvalue weighted by Gasteiger charge is 2.09. The van der Waals surface area contributed by atoms with Gasteiger partial charge in [0.05, 0.1) is 5.69 Å². The Hall–Kier alpha value is -1.39. The average Bonchev–Trinajstić information content (AvgIpc) is 2.32. The molecule has 19 heavy (non-hydrogen) atoms. The van der Waals surface area contributed by atoms with Gasteiger partial charge in [-0.25, -0.2) is 4.98 Å². The third-order valence-electron chi connectivity index (χ3n) is 2.57. The van der Waals surface area contributed by atoms with Crippen molar-refractivity contribution in [2.24, 2.45) is 0 Å². The number of nitrogens with zero attached hydrogens (tertiary/aromatic N) is 1. The maximum absolute atomic E-state index is 12.1. The van der Waals surface area contributed by atoms with E-state index in [0.29, 0.717) is 16.4 Å². The minimum atomic E-state index is -0.222. The molecule has 0 aliphatic heterocycles. The van der Waals surface area contributed by atoms with Crippen molar-refractivity contribution in [3.05, 3.63) is 56.6 Å². The van der Waals surface area contributed by atoms with Gasteiger partial charge in [0, 0.05) is 15.1 Å². The standard InChI is InChI=1S/C14H12BrClN2O/c1-8-5-10(7-11(16)6-8)14(19)18-13-4-3-12(15)9(2)17-13/h3-7H,1-2H3,(H,17,18,19). The lowest BCUT2D eigenvalue weighted by atomic mass is 10.1. The minimum Gasteiger partial charge on any atom is -0.307 e. The largest absolute Gasteiger partial charge is 0.307 e. The van der Waals surface area contributed by atoms with Crippen LogP contribution in [-0.2, 0) is 0 Å². The van der Waals surface area contributed by atoms with Crippen LogP contribution in [0.2, 0.25) is 5.02 Å². The molecule has 1 aromatic heterocycles. The number of amides is 1. The van der Waals surface area contributed by atoms with Crippen molar-refractivity contribution in [2.45, 2.75) is 13.8 Å². The lowest BCUT2D eigenvalue weighted by Crippen LogP contribution is -2.13. The van der Waals surface area contributed by atoms with Gasteiger partial charge >= 0.3 is 0 Å². The molecule has 0 aliphatic carbocycles. The molecular weight excluding hydrogens is 328 g/mol. The Morgan fingerprint density at radius 3 is 2.63 bits per heavy atom. The van der Waals surface area contributed by atoms with Crippen molar-refractivity contribution >= 4 is 39.3 Å². The first-order chi connectivity index (χ1) is 8.95. The molecular formula is C14H12BrClN2O. The molecule has 0 radical (unpaired) electrons. The molecule has 1 heterocycles. The van der Waals surface area contributed by atoms with Crippen molar-refractivity contribution in [1.29, 1.82) is 0 Å². The Balaban J connectivity index is 2.22. The van der Waals surface area contributed by atoms with E-state index in [2.05, 4.69) is 26.2 Å². The molecule has 0 fully saturated rings. The van der Waals surface area contributed by atoms with Crippen molar-refractivity contribution < 1.29 is 4.79 Å². The molecule has 2 aromatic rings. The highest BCUT2D eigenvalue weighted by molar-refractivity contribution is 9.10. The zero-order valence-electron chi connectivity index (χ0n) is 10.5. The molecule has 0 atom stereocenters. The molecule has 98 valence electrons. The summed E-state index contributed by atoms with van der Waals surface area (Å²) in [5, 5.41) is 3.30. The van der Waals surface area contributed by atoms with Crippen LogP contribution >= 0.6 is 27.5 Å². The Bertz CT molecular complexity index is 623. The van der Waals surface area contributed by atoms with Crippen LogP contribution in [0, 0.1) is 13.8 Å². The van der Waals surface area contributed by atoms with Crippen LogP contribution in [0.3, 0.4) is 0 Å². The number of aryl methyl sites for hydroxylation is 2. The normalized spacial score (nSPS) is 10.3. The number of rotatable bonds is 2. The quantitative estimate of drug-likeness (QED) is 0.883. The monoisotopic (exact) mass is 338 g/mol. The molecule has 5 heteroatoms. The van der Waals surface area contributed by atoms with Crippen LogP contribution in [0.5, 0.6) is 0 Å². The van der Waals surface area contributed by atoms with Gasteiger partial charge in [-0.3, -0.25) is 4.79 Å². The molecule has 3 nitrogen and oxygen atoms in total. The fourth-order valence-corrected chi connectivity index (χ4v) is 2.18. The lowest BCUT2D eigenvalue weighted by Gasteiger charge is -2.07. The van der Waals surface area contributed by atoms with Crippen LogP contribution in [0.15, 0.2) is 34.8 Å². The first-order valence-corrected chi connectivity index (χ1v) is 6.84. The molecule has 2 rings (SSSR count). The summed E-state index contributed by atoms with van der Waals surface area (Å²) in [6, 6.07) is 8.82. The average molecular weight is 340 g/mol. The number of halogens is 2. The summed E-state index contributed by atoms with van der Waals surface area (Å²) >= 11 is 9.31. The Morgan fingerprint density at radius 2 is 2.00 bits per heavy atom. The number of hydrogen-bond donors (Lipinski definition) is 1. The van der Waals surface area contributed by atoms with Gasteiger partial charge in [-0.2, -0.15) is 0 Å². The van der Waals surface area contributed by atoms with E-state index in [1.165, 1.54) is 0 Å². The van der Waals surface area contributed by atoms with E-state index >= 15 is 0 Å². The van der Waals surface area contributed by atoms with Gasteiger partial charge in [-0.15, -0.1) is 0 Å². The van der Waals surface area contributed by atoms with Gasteiger partial charge in [-0.05, 0) is 65.7 Å². The second kappa shape index (κ2) is 5.72. The van der Waals surface area contributed by atoms with Crippen LogP contribution in [-0.4, -0.2) is 10.9 Å². The molecule has 0 bridgehead atoms. The van der Waals surface area contributed by atoms with Gasteiger partial charge in [0.25, 0.3) is 5.91 Å². The number of benzene rings is 1. The molecule has 1 N–H and O–H groups in total. The van der Waals surface area contributed by atoms with Crippen molar-refractivity contribution in [3.63, 3.8) is 0 Å². The van der Waals surface area contributed by atoms with Crippen LogP contribution in [0.1, 0.15) is 21.6 Å². The molecule has 0 unspecified atom stereocenters. The first kappa shape index (κ1) is 14.0. The summed E-state index contributed by atoms with van der Waals surface area (Å²) in [7, 11) is 0. The Kier molecular flexibility index (Phi) is 4.22. The van der Waals surface area contributed by atoms with Crippen LogP contribution in [0.25, 0.3) is 0 Å². The summed E-state index contributed by atoms with van der Waals surface area (Å²) in [4.78, 5) is 16.4. The zero-order valence-corrected chi connectivity index (χ0v) is 12.8. The first-order valence-electron chi connectivity index (χ1n) is 5.67. The summed E-state index contributed by atoms with van der Waals surface area (Å²) < 4.78 is 0.907. The van der Waals surface area contributed by atoms with E-state index in [9.17, 15) is 4.79 Å². The van der Waals surface area contributed by atoms with Gasteiger partial charge < -0.3 is 5.32 Å². The molecule has 0 spiro atoms. The number of anilines is 1. The molecule has 0 aliphatic rings. The number of carbonyl (C=O) groups excluding carboxylic acids is 1. The number of nitrogens with one attached hydrogen (secondary N) is 1. The van der Waals surface area contributed by atoms with Gasteiger partial charge in [0.2, 0.25) is 0 Å². The van der Waals surface area contributed by atoms with E-state index < -0.39 is 0 Å². The third kappa shape index (κ3) is 3.55. The third-order valence-corrected chi connectivity index (χ3v) is 3.62. The fraction of sp³-hybridized carbons (Fsp3) is 0.143. The number of hydrogen-bond acceptors (Lipinski definition) is 2. The SMILES string of the molecule is Cc1cc(Cl)cc(C(=O)Nc2ccc(Br)c(C)n2)c1. The summed E-state index contributed by atoms with van der Waals surface area (Å²) in [5.74, 6) is 0.295. The molecule has 0 saturated heterocycles. The van der Waals surface area contributed by atoms with E-state index in [0.717, 1.165) is 15.7 Å². The second-order valence-corrected chi connectivity index (χ2v) is 5.53. The topological polar surface area (TPSA) is 42.0 Å². The van der Waals surface area contributed by atoms with Crippen LogP contribution in [0.4, 0.5) is 5.82 Å². The molecule has 0 saturated carbocycles. The van der Waals surface area contributed by atoms with Crippen molar-refractivity contribution in [3.8, 4) is 0 Å². The van der Waals surface area contributed by atoms with Crippen molar-refractivity contribution in [1.82, 2.24) is 4.98 Å². The maximum atomic E-state index is 12.1. The number of carbonyl (C=O) groups is 1. The molecule has 1 amide bonds. The van der Waals surface area contributed by atoms with E-state index in [4.69, 9.17) is 11.6 Å². The summed E-state index contributed by atoms with van der Waals surface area (Å²) in [6.07, 6.45) is 0. The maximum Gasteiger partial charge on any atom is 0.256 e. The van der Waals surface area contributed by atoms with Crippen molar-refractivity contribution in [2.75, 3.05) is 5.32 Å². The highest BCUT2D eigenvalue weighted by Crippen LogP contribution is 2.18. The predicted octanol–water partition coefficient (Wildman–Crippen LogP) is 4.37. The van der Waals surface area contributed by atoms with Gasteiger partial charge in [0.1, 0.15) is 5.82 Å². The minimum absolute atomic E-state index is 0.222. The summed E-state index contributed by atoms with van der Waals surface area (Å²) in [6.45, 7) is 3.76. The number of aromatic nitrogens is 1. The zero-order chi connectivity index (χ0) is 14.0. The smallest absolute Gasteiger partial charge is 0.256 e. The van der Waals surface area contributed by atoms with E-state index in [1.54, 1.807) is 24.3 Å². The fourth-order valence-electron chi connectivity index (χ4n) is 1.67. The second-order valence-electron chi connectivity index (χ2n) is 4.24. The Morgan fingerprint density at radius 1 is 1.26 bits per heavy atom. The van der Waals surface area contributed by atoms with Crippen LogP contribution < -0.4 is 5.32 Å². The molecule has 1 aromatic carbocycles. The Labute approximate surface area is 125 Å². The number of pyridine rings is 1. The predicted molar refractivity (Wildman–Crippen MR) is 80.8 cm³/mol. The highest BCUT2D eigenvalue weighted by atomic mass is 79.9.